The van der Waals surface area contributed by atoms with Gasteiger partial charge in [0, 0.05) is 22.2 Å². The van der Waals surface area contributed by atoms with Crippen molar-refractivity contribution in [3.05, 3.63) is 51.8 Å². The molecule has 3 atom stereocenters. The summed E-state index contributed by atoms with van der Waals surface area (Å²) in [5.41, 5.74) is 11.3. The molecule has 0 bridgehead atoms. The number of aromatic nitrogens is 1. The van der Waals surface area contributed by atoms with Gasteiger partial charge in [-0.05, 0) is 30.7 Å². The number of pyridine rings is 1. The van der Waals surface area contributed by atoms with E-state index in [4.69, 9.17) is 39.4 Å². The number of anilines is 2. The molecule has 0 saturated heterocycles. The number of carbonyl (C=O) groups excluding carboxylic acids is 1. The summed E-state index contributed by atoms with van der Waals surface area (Å²) in [6, 6.07) is 6.11. The van der Waals surface area contributed by atoms with Crippen LogP contribution in [-0.4, -0.2) is 29.7 Å². The Bertz CT molecular complexity index is 1000. The Kier molecular flexibility index (Phi) is 4.55. The topological polar surface area (TPSA) is 116 Å². The smallest absolute Gasteiger partial charge is 0.283 e. The second-order valence-electron chi connectivity index (χ2n) is 6.75. The summed E-state index contributed by atoms with van der Waals surface area (Å²) in [5, 5.41) is 3.13. The van der Waals surface area contributed by atoms with Gasteiger partial charge in [-0.2, -0.15) is 0 Å². The number of nitrogen functional groups attached to an aromatic ring is 1. The minimum absolute atomic E-state index is 0.0168. The summed E-state index contributed by atoms with van der Waals surface area (Å²) in [5.74, 6) is -0.701. The number of fused-ring (bicyclic) bond motifs is 1. The highest BCUT2D eigenvalue weighted by Gasteiger charge is 2.59. The number of benzene rings is 1. The zero-order valence-electron chi connectivity index (χ0n) is 14.5. The molecule has 1 aliphatic heterocycles. The standard InChI is InChI=1S/C18H16Cl2FN5O2/c19-12-2-1-9(25-16(27)15-13(20)3-8(22)6-24-15)4-10(12)18(7-21)11-5-14(11)28-17(23)26-18/h1-4,6,11,14H,5,7,22H2,(H2,23,26)(H,25,27)/t11?,14-,18-/m1/s1. The molecular weight excluding hydrogens is 408 g/mol. The zero-order valence-corrected chi connectivity index (χ0v) is 16.0. The van der Waals surface area contributed by atoms with Crippen molar-refractivity contribution >= 4 is 46.5 Å². The van der Waals surface area contributed by atoms with Crippen LogP contribution >= 0.6 is 23.2 Å². The van der Waals surface area contributed by atoms with Crippen molar-refractivity contribution in [2.45, 2.75) is 18.1 Å². The quantitative estimate of drug-likeness (QED) is 0.698. The summed E-state index contributed by atoms with van der Waals surface area (Å²) >= 11 is 12.4. The highest BCUT2D eigenvalue weighted by molar-refractivity contribution is 6.34. The lowest BCUT2D eigenvalue weighted by Crippen LogP contribution is -2.39. The van der Waals surface area contributed by atoms with Crippen LogP contribution in [0.2, 0.25) is 10.0 Å². The Morgan fingerprint density at radius 2 is 2.11 bits per heavy atom. The lowest BCUT2D eigenvalue weighted by atomic mass is 9.85. The van der Waals surface area contributed by atoms with Gasteiger partial charge in [-0.1, -0.05) is 23.2 Å². The lowest BCUT2D eigenvalue weighted by molar-refractivity contribution is 0.102. The first-order valence-electron chi connectivity index (χ1n) is 8.44. The van der Waals surface area contributed by atoms with Crippen LogP contribution < -0.4 is 16.8 Å². The van der Waals surface area contributed by atoms with Crippen LogP contribution in [0, 0.1) is 5.92 Å². The molecule has 1 saturated carbocycles. The van der Waals surface area contributed by atoms with Gasteiger partial charge in [-0.15, -0.1) is 0 Å². The molecule has 2 aliphatic rings. The number of nitrogens with two attached hydrogens (primary N) is 2. The van der Waals surface area contributed by atoms with Gasteiger partial charge in [-0.3, -0.25) is 4.79 Å². The molecule has 1 aromatic heterocycles. The van der Waals surface area contributed by atoms with E-state index >= 15 is 0 Å². The molecule has 1 aliphatic carbocycles. The maximum absolute atomic E-state index is 14.2. The maximum Gasteiger partial charge on any atom is 0.283 e. The number of nitrogens with one attached hydrogen (secondary N) is 1. The van der Waals surface area contributed by atoms with Crippen molar-refractivity contribution in [2.24, 2.45) is 16.6 Å². The van der Waals surface area contributed by atoms with Crippen LogP contribution in [-0.2, 0) is 10.3 Å². The van der Waals surface area contributed by atoms with E-state index in [1.165, 1.54) is 12.3 Å². The summed E-state index contributed by atoms with van der Waals surface area (Å²) in [7, 11) is 0. The molecule has 10 heteroatoms. The van der Waals surface area contributed by atoms with Crippen LogP contribution in [0.15, 0.2) is 35.5 Å². The number of hydrogen-bond donors (Lipinski definition) is 3. The minimum atomic E-state index is -1.23. The van der Waals surface area contributed by atoms with E-state index in [-0.39, 0.29) is 28.8 Å². The van der Waals surface area contributed by atoms with Gasteiger partial charge >= 0.3 is 0 Å². The second kappa shape index (κ2) is 6.79. The summed E-state index contributed by atoms with van der Waals surface area (Å²) in [6.45, 7) is -0.791. The fourth-order valence-corrected chi connectivity index (χ4v) is 4.01. The van der Waals surface area contributed by atoms with Gasteiger partial charge in [0.1, 0.15) is 24.0 Å². The molecule has 0 spiro atoms. The number of amidine groups is 1. The predicted octanol–water partition coefficient (Wildman–Crippen LogP) is 3.12. The van der Waals surface area contributed by atoms with Crippen molar-refractivity contribution in [2.75, 3.05) is 17.7 Å². The van der Waals surface area contributed by atoms with Gasteiger partial charge in [0.25, 0.3) is 11.9 Å². The molecule has 146 valence electrons. The molecule has 1 fully saturated rings. The van der Waals surface area contributed by atoms with Crippen LogP contribution in [0.1, 0.15) is 22.5 Å². The third kappa shape index (κ3) is 3.12. The first-order valence-corrected chi connectivity index (χ1v) is 9.20. The van der Waals surface area contributed by atoms with E-state index in [2.05, 4.69) is 15.3 Å². The van der Waals surface area contributed by atoms with Gasteiger partial charge in [0.05, 0.1) is 16.9 Å². The van der Waals surface area contributed by atoms with E-state index in [0.717, 1.165) is 0 Å². The van der Waals surface area contributed by atoms with Crippen molar-refractivity contribution < 1.29 is 13.9 Å². The van der Waals surface area contributed by atoms with Gasteiger partial charge in [0.2, 0.25) is 0 Å². The van der Waals surface area contributed by atoms with E-state index in [1.807, 2.05) is 0 Å². The van der Waals surface area contributed by atoms with E-state index < -0.39 is 18.1 Å². The predicted molar refractivity (Wildman–Crippen MR) is 105 cm³/mol. The van der Waals surface area contributed by atoms with Gasteiger partial charge < -0.3 is 21.5 Å². The monoisotopic (exact) mass is 423 g/mol. The molecule has 5 N–H and O–H groups in total. The first-order chi connectivity index (χ1) is 13.3. The molecule has 1 unspecified atom stereocenters. The number of hydrogen-bond acceptors (Lipinski definition) is 6. The molecule has 4 rings (SSSR count). The molecule has 2 aromatic rings. The van der Waals surface area contributed by atoms with Gasteiger partial charge in [-0.25, -0.2) is 14.4 Å². The number of nitrogens with zero attached hydrogens (tertiary/aromatic N) is 2. The summed E-state index contributed by atoms with van der Waals surface area (Å²) in [4.78, 5) is 20.7. The summed E-state index contributed by atoms with van der Waals surface area (Å²) < 4.78 is 19.6. The Balaban J connectivity index is 1.68. The van der Waals surface area contributed by atoms with E-state index in [1.54, 1.807) is 18.2 Å². The zero-order chi connectivity index (χ0) is 20.1. The van der Waals surface area contributed by atoms with E-state index in [9.17, 15) is 9.18 Å². The molecule has 1 amide bonds. The third-order valence-corrected chi connectivity index (χ3v) is 5.52. The first kappa shape index (κ1) is 18.8. The molecule has 7 nitrogen and oxygen atoms in total. The fourth-order valence-electron chi connectivity index (χ4n) is 3.47. The fraction of sp³-hybridized carbons (Fsp3) is 0.278. The van der Waals surface area contributed by atoms with Crippen molar-refractivity contribution in [3.63, 3.8) is 0 Å². The molecule has 1 aromatic carbocycles. The minimum Gasteiger partial charge on any atom is -0.462 e. The van der Waals surface area contributed by atoms with Gasteiger partial charge in [0.15, 0.2) is 0 Å². The van der Waals surface area contributed by atoms with Crippen LogP contribution in [0.3, 0.4) is 0 Å². The highest BCUT2D eigenvalue weighted by atomic mass is 35.5. The largest absolute Gasteiger partial charge is 0.462 e. The molecule has 2 heterocycles. The van der Waals surface area contributed by atoms with Crippen molar-refractivity contribution in [1.82, 2.24) is 4.98 Å². The Labute approximate surface area is 169 Å². The average molecular weight is 424 g/mol. The van der Waals surface area contributed by atoms with Crippen LogP contribution in [0.4, 0.5) is 15.8 Å². The lowest BCUT2D eigenvalue weighted by Gasteiger charge is -2.32. The Hall–Kier alpha value is -2.58. The van der Waals surface area contributed by atoms with Crippen LogP contribution in [0.25, 0.3) is 0 Å². The second-order valence-corrected chi connectivity index (χ2v) is 7.57. The van der Waals surface area contributed by atoms with E-state index in [0.29, 0.717) is 28.4 Å². The third-order valence-electron chi connectivity index (χ3n) is 4.90. The van der Waals surface area contributed by atoms with Crippen molar-refractivity contribution in [1.29, 1.82) is 0 Å². The summed E-state index contributed by atoms with van der Waals surface area (Å²) in [6.07, 6.45) is 1.78. The average Bonchev–Trinajstić information content (AvgIpc) is 3.42. The number of halogens is 3. The number of aliphatic imine (C=N–C) groups is 1. The van der Waals surface area contributed by atoms with Crippen molar-refractivity contribution in [3.8, 4) is 0 Å². The number of alkyl halides is 1. The highest BCUT2D eigenvalue weighted by Crippen LogP contribution is 2.54. The number of ether oxygens (including phenoxy) is 1. The number of carbonyl (C=O) groups is 1. The molecule has 0 radical (unpaired) electrons. The molecular formula is C18H16Cl2FN5O2. The van der Waals surface area contributed by atoms with Crippen LogP contribution in [0.5, 0.6) is 0 Å². The normalized spacial score (nSPS) is 25.3. The maximum atomic E-state index is 14.2. The Morgan fingerprint density at radius 1 is 1.32 bits per heavy atom. The number of amides is 1. The molecule has 28 heavy (non-hydrogen) atoms. The number of rotatable bonds is 4. The SMILES string of the molecule is NC1=N[C@](CF)(c2cc(NC(=O)c3ncc(N)cc3Cl)ccc2Cl)C2C[C@H]2O1. The Morgan fingerprint density at radius 3 is 2.82 bits per heavy atom.